The molecular weight excluding hydrogens is 296 g/mol. The molecule has 3 heteroatoms. The molecule has 0 aliphatic heterocycles. The molecule has 0 atom stereocenters. The second-order valence-electron chi connectivity index (χ2n) is 5.92. The van der Waals surface area contributed by atoms with E-state index in [4.69, 9.17) is 0 Å². The van der Waals surface area contributed by atoms with Gasteiger partial charge in [0, 0.05) is 10.9 Å². The van der Waals surface area contributed by atoms with Crippen LogP contribution >= 0.6 is 0 Å². The molecule has 0 radical (unpaired) electrons. The van der Waals surface area contributed by atoms with E-state index in [0.717, 1.165) is 27.6 Å². The molecule has 4 aromatic rings. The summed E-state index contributed by atoms with van der Waals surface area (Å²) >= 11 is 0. The number of halogens is 1. The Bertz CT molecular complexity index is 1010. The minimum Gasteiger partial charge on any atom is -0.263 e. The van der Waals surface area contributed by atoms with Crippen molar-refractivity contribution in [3.05, 3.63) is 84.7 Å². The van der Waals surface area contributed by atoms with Crippen molar-refractivity contribution < 1.29 is 4.39 Å². The van der Waals surface area contributed by atoms with E-state index in [2.05, 4.69) is 41.4 Å². The van der Waals surface area contributed by atoms with Crippen LogP contribution in [0.2, 0.25) is 0 Å². The summed E-state index contributed by atoms with van der Waals surface area (Å²) in [5.74, 6) is -0.224. The lowest BCUT2D eigenvalue weighted by Gasteiger charge is -2.09. The van der Waals surface area contributed by atoms with E-state index in [1.54, 1.807) is 12.1 Å². The predicted molar refractivity (Wildman–Crippen MR) is 101 cm³/mol. The van der Waals surface area contributed by atoms with Crippen molar-refractivity contribution in [2.45, 2.75) is 0 Å². The highest BCUT2D eigenvalue weighted by Crippen LogP contribution is 2.28. The van der Waals surface area contributed by atoms with Crippen molar-refractivity contribution in [2.24, 2.45) is 0 Å². The topological polar surface area (TPSA) is 12.9 Å². The molecule has 3 aromatic carbocycles. The molecule has 0 aliphatic carbocycles. The molecule has 0 amide bonds. The van der Waals surface area contributed by atoms with Gasteiger partial charge < -0.3 is 0 Å². The lowest BCUT2D eigenvalue weighted by molar-refractivity contribution is 0.630. The van der Waals surface area contributed by atoms with Gasteiger partial charge in [0.2, 0.25) is 0 Å². The van der Waals surface area contributed by atoms with Crippen molar-refractivity contribution in [3.8, 4) is 22.4 Å². The average molecular weight is 311 g/mol. The van der Waals surface area contributed by atoms with Crippen LogP contribution in [0.3, 0.4) is 0 Å². The Morgan fingerprint density at radius 1 is 0.708 bits per heavy atom. The fourth-order valence-electron chi connectivity index (χ4n) is 3.03. The van der Waals surface area contributed by atoms with E-state index in [1.165, 1.54) is 17.2 Å². The Morgan fingerprint density at radius 2 is 1.38 bits per heavy atom. The maximum absolute atomic E-state index is 13.5. The summed E-state index contributed by atoms with van der Waals surface area (Å²) < 4.78 is 13.5. The Labute approximate surface area is 141 Å². The van der Waals surface area contributed by atoms with Crippen molar-refractivity contribution in [3.63, 3.8) is 0 Å². The molecule has 0 fully saturated rings. The first-order chi connectivity index (χ1) is 11.7. The van der Waals surface area contributed by atoms with Crippen molar-refractivity contribution >= 4 is 24.2 Å². The van der Waals surface area contributed by atoms with Crippen LogP contribution in [0.1, 0.15) is 0 Å². The summed E-state index contributed by atoms with van der Waals surface area (Å²) in [4.78, 5) is 4.68. The van der Waals surface area contributed by atoms with Crippen LogP contribution in [0, 0.1) is 5.82 Å². The largest absolute Gasteiger partial charge is 0.263 e. The number of nitrogens with zero attached hydrogens (tertiary/aromatic N) is 1. The van der Waals surface area contributed by atoms with Crippen molar-refractivity contribution in [1.82, 2.24) is 4.98 Å². The third-order valence-electron chi connectivity index (χ3n) is 4.19. The van der Waals surface area contributed by atoms with Gasteiger partial charge in [-0.25, -0.2) is 4.39 Å². The molecule has 4 rings (SSSR count). The Balaban J connectivity index is 1.83. The smallest absolute Gasteiger partial charge is 0.163 e. The van der Waals surface area contributed by atoms with Crippen LogP contribution in [0.25, 0.3) is 33.2 Å². The highest BCUT2D eigenvalue weighted by molar-refractivity contribution is 6.32. The number of hydrogen-bond donors (Lipinski definition) is 0. The van der Waals surface area contributed by atoms with Gasteiger partial charge >= 0.3 is 0 Å². The maximum atomic E-state index is 13.5. The lowest BCUT2D eigenvalue weighted by Crippen LogP contribution is -2.09. The molecule has 0 unspecified atom stereocenters. The number of fused-ring (bicyclic) bond motifs is 1. The van der Waals surface area contributed by atoms with E-state index in [1.807, 2.05) is 32.1 Å². The van der Waals surface area contributed by atoms with Crippen LogP contribution in [0.15, 0.2) is 78.9 Å². The highest BCUT2D eigenvalue weighted by Gasteiger charge is 2.08. The number of rotatable bonds is 2. The first-order valence-corrected chi connectivity index (χ1v) is 7.93. The third-order valence-corrected chi connectivity index (χ3v) is 4.19. The molecular formula is C21H15BFN. The van der Waals surface area contributed by atoms with Gasteiger partial charge in [0.15, 0.2) is 7.85 Å². The van der Waals surface area contributed by atoms with Crippen molar-refractivity contribution in [2.75, 3.05) is 0 Å². The lowest BCUT2D eigenvalue weighted by atomic mass is 9.96. The predicted octanol–water partition coefficient (Wildman–Crippen LogP) is 3.97. The van der Waals surface area contributed by atoms with Crippen LogP contribution in [0.5, 0.6) is 0 Å². The van der Waals surface area contributed by atoms with Gasteiger partial charge in [-0.2, -0.15) is 0 Å². The quantitative estimate of drug-likeness (QED) is 0.511. The maximum Gasteiger partial charge on any atom is 0.163 e. The highest BCUT2D eigenvalue weighted by atomic mass is 19.1. The standard InChI is InChI=1S/C21H15BFN/c22-20-13-17-12-18(23)10-11-19(17)21(24-20)16-8-6-15(7-9-16)14-4-2-1-3-5-14/h1-13H,22H2. The monoisotopic (exact) mass is 311 g/mol. The van der Waals surface area contributed by atoms with Crippen molar-refractivity contribution in [1.29, 1.82) is 0 Å². The number of pyridine rings is 1. The van der Waals surface area contributed by atoms with Gasteiger partial charge in [-0.05, 0) is 46.4 Å². The Kier molecular flexibility index (Phi) is 3.62. The summed E-state index contributed by atoms with van der Waals surface area (Å²) in [5, 5.41) is 1.85. The zero-order chi connectivity index (χ0) is 16.5. The summed E-state index contributed by atoms with van der Waals surface area (Å²) in [6, 6.07) is 25.4. The second kappa shape index (κ2) is 5.93. The second-order valence-corrected chi connectivity index (χ2v) is 5.92. The van der Waals surface area contributed by atoms with E-state index >= 15 is 0 Å². The molecule has 0 aliphatic rings. The fraction of sp³-hybridized carbons (Fsp3) is 0. The van der Waals surface area contributed by atoms with Gasteiger partial charge in [0.25, 0.3) is 0 Å². The molecule has 0 saturated heterocycles. The molecule has 24 heavy (non-hydrogen) atoms. The van der Waals surface area contributed by atoms with Gasteiger partial charge in [-0.1, -0.05) is 54.6 Å². The molecule has 0 spiro atoms. The SMILES string of the molecule is Bc1cc2cc(F)ccc2c(-c2ccc(-c3ccccc3)cc2)n1. The normalized spacial score (nSPS) is 10.9. The molecule has 0 saturated carbocycles. The van der Waals surface area contributed by atoms with E-state index in [9.17, 15) is 4.39 Å². The van der Waals surface area contributed by atoms with Crippen LogP contribution in [0.4, 0.5) is 4.39 Å². The molecule has 1 heterocycles. The first kappa shape index (κ1) is 14.6. The van der Waals surface area contributed by atoms with Crippen LogP contribution in [-0.2, 0) is 0 Å². The van der Waals surface area contributed by atoms with E-state index in [-0.39, 0.29) is 5.82 Å². The zero-order valence-corrected chi connectivity index (χ0v) is 13.3. The zero-order valence-electron chi connectivity index (χ0n) is 13.3. The number of aromatic nitrogens is 1. The van der Waals surface area contributed by atoms with Gasteiger partial charge in [-0.15, -0.1) is 0 Å². The van der Waals surface area contributed by atoms with Gasteiger partial charge in [0.1, 0.15) is 5.82 Å². The van der Waals surface area contributed by atoms with Gasteiger partial charge in [-0.3, -0.25) is 4.98 Å². The van der Waals surface area contributed by atoms with E-state index in [0.29, 0.717) is 0 Å². The summed E-state index contributed by atoms with van der Waals surface area (Å²) in [5.41, 5.74) is 5.17. The minimum atomic E-state index is -0.224. The Hall–Kier alpha value is -2.94. The minimum absolute atomic E-state index is 0.224. The average Bonchev–Trinajstić information content (AvgIpc) is 2.61. The van der Waals surface area contributed by atoms with Gasteiger partial charge in [0.05, 0.1) is 5.69 Å². The summed E-state index contributed by atoms with van der Waals surface area (Å²) in [6.45, 7) is 0. The van der Waals surface area contributed by atoms with Crippen LogP contribution < -0.4 is 5.59 Å². The fourth-order valence-corrected chi connectivity index (χ4v) is 3.03. The Morgan fingerprint density at radius 3 is 2.12 bits per heavy atom. The molecule has 114 valence electrons. The first-order valence-electron chi connectivity index (χ1n) is 7.93. The summed E-state index contributed by atoms with van der Waals surface area (Å²) in [6.07, 6.45) is 0. The molecule has 0 N–H and O–H groups in total. The molecule has 1 nitrogen and oxygen atoms in total. The third kappa shape index (κ3) is 2.69. The number of benzene rings is 3. The van der Waals surface area contributed by atoms with E-state index < -0.39 is 0 Å². The van der Waals surface area contributed by atoms with Crippen LogP contribution in [-0.4, -0.2) is 12.8 Å². The number of hydrogen-bond acceptors (Lipinski definition) is 1. The molecule has 0 bridgehead atoms. The summed E-state index contributed by atoms with van der Waals surface area (Å²) in [7, 11) is 1.94. The molecule has 1 aromatic heterocycles.